The minimum Gasteiger partial charge on any atom is -0.465 e. The lowest BCUT2D eigenvalue weighted by Crippen LogP contribution is -2.52. The number of aliphatic hydroxyl groups is 1. The van der Waals surface area contributed by atoms with Crippen LogP contribution in [0.5, 0.6) is 0 Å². The van der Waals surface area contributed by atoms with Gasteiger partial charge < -0.3 is 25.7 Å². The second-order valence-corrected chi connectivity index (χ2v) is 8.10. The van der Waals surface area contributed by atoms with E-state index >= 15 is 0 Å². The molecule has 1 saturated heterocycles. The molecule has 3 amide bonds. The summed E-state index contributed by atoms with van der Waals surface area (Å²) in [5.74, 6) is -0.928. The summed E-state index contributed by atoms with van der Waals surface area (Å²) in [6.45, 7) is 3.63. The SMILES string of the molecule is Cc1ncsc1-c1ccc(CNC(=O)[C@@H]2C[C@@H](O)CN2C(=O)[C@H](C)NC(=O)O)cc1. The summed E-state index contributed by atoms with van der Waals surface area (Å²) >= 11 is 1.57. The predicted molar refractivity (Wildman–Crippen MR) is 111 cm³/mol. The van der Waals surface area contributed by atoms with Gasteiger partial charge in [-0.25, -0.2) is 9.78 Å². The first-order valence-electron chi connectivity index (χ1n) is 9.51. The van der Waals surface area contributed by atoms with Gasteiger partial charge in [0.05, 0.1) is 22.2 Å². The first-order valence-corrected chi connectivity index (χ1v) is 10.4. The molecule has 2 heterocycles. The van der Waals surface area contributed by atoms with Crippen molar-refractivity contribution in [1.82, 2.24) is 20.5 Å². The van der Waals surface area contributed by atoms with Crippen molar-refractivity contribution in [2.75, 3.05) is 6.54 Å². The molecule has 0 spiro atoms. The number of nitrogens with one attached hydrogen (secondary N) is 2. The predicted octanol–water partition coefficient (Wildman–Crippen LogP) is 1.35. The van der Waals surface area contributed by atoms with Crippen LogP contribution in [0.15, 0.2) is 29.8 Å². The lowest BCUT2D eigenvalue weighted by atomic mass is 10.1. The Bertz CT molecular complexity index is 930. The Hall–Kier alpha value is -2.98. The van der Waals surface area contributed by atoms with E-state index in [2.05, 4.69) is 15.6 Å². The average Bonchev–Trinajstić information content (AvgIpc) is 3.31. The molecule has 2 aromatic rings. The van der Waals surface area contributed by atoms with Gasteiger partial charge in [0.1, 0.15) is 12.1 Å². The van der Waals surface area contributed by atoms with Gasteiger partial charge in [-0.1, -0.05) is 24.3 Å². The number of thiazole rings is 1. The van der Waals surface area contributed by atoms with E-state index in [1.165, 1.54) is 11.8 Å². The molecule has 0 unspecified atom stereocenters. The van der Waals surface area contributed by atoms with Gasteiger partial charge in [-0.15, -0.1) is 11.3 Å². The van der Waals surface area contributed by atoms with Crippen molar-refractivity contribution in [3.05, 3.63) is 41.0 Å². The molecule has 9 nitrogen and oxygen atoms in total. The summed E-state index contributed by atoms with van der Waals surface area (Å²) in [4.78, 5) is 42.5. The van der Waals surface area contributed by atoms with E-state index in [1.807, 2.05) is 31.2 Å². The maximum Gasteiger partial charge on any atom is 0.405 e. The fourth-order valence-electron chi connectivity index (χ4n) is 3.46. The Kier molecular flexibility index (Phi) is 6.68. The van der Waals surface area contributed by atoms with Gasteiger partial charge in [0.15, 0.2) is 0 Å². The molecule has 1 aliphatic heterocycles. The van der Waals surface area contributed by atoms with Crippen LogP contribution in [0.1, 0.15) is 24.6 Å². The summed E-state index contributed by atoms with van der Waals surface area (Å²) < 4.78 is 0. The molecule has 1 aromatic heterocycles. The fraction of sp³-hybridized carbons (Fsp3) is 0.400. The zero-order chi connectivity index (χ0) is 21.8. The number of amides is 3. The number of likely N-dealkylation sites (tertiary alicyclic amines) is 1. The van der Waals surface area contributed by atoms with Crippen LogP contribution in [0.2, 0.25) is 0 Å². The molecule has 10 heteroatoms. The van der Waals surface area contributed by atoms with Crippen molar-refractivity contribution in [2.45, 2.75) is 45.0 Å². The van der Waals surface area contributed by atoms with Crippen LogP contribution in [0, 0.1) is 6.92 Å². The standard InChI is InChI=1S/C20H24N4O5S/c1-11-17(30-10-22-11)14-5-3-13(4-6-14)8-21-18(26)16-7-15(25)9-24(16)19(27)12(2)23-20(28)29/h3-6,10,12,15-16,23,25H,7-9H2,1-2H3,(H,21,26)(H,28,29)/t12-,15+,16-/m0/s1. The van der Waals surface area contributed by atoms with Crippen LogP contribution in [-0.2, 0) is 16.1 Å². The first kappa shape index (κ1) is 21.7. The normalized spacial score (nSPS) is 19.4. The van der Waals surface area contributed by atoms with Crippen LogP contribution < -0.4 is 10.6 Å². The van der Waals surface area contributed by atoms with Crippen molar-refractivity contribution < 1.29 is 24.6 Å². The topological polar surface area (TPSA) is 132 Å². The van der Waals surface area contributed by atoms with Crippen LogP contribution in [0.3, 0.4) is 0 Å². The van der Waals surface area contributed by atoms with Crippen molar-refractivity contribution in [2.24, 2.45) is 0 Å². The monoisotopic (exact) mass is 432 g/mol. The molecule has 1 fully saturated rings. The van der Waals surface area contributed by atoms with Crippen LogP contribution in [0.25, 0.3) is 10.4 Å². The van der Waals surface area contributed by atoms with E-state index < -0.39 is 30.2 Å². The van der Waals surface area contributed by atoms with E-state index in [4.69, 9.17) is 5.11 Å². The molecule has 1 aromatic carbocycles. The van der Waals surface area contributed by atoms with Gasteiger partial charge in [-0.05, 0) is 25.0 Å². The number of aromatic nitrogens is 1. The molecule has 0 bridgehead atoms. The maximum atomic E-state index is 12.7. The van der Waals surface area contributed by atoms with E-state index in [9.17, 15) is 19.5 Å². The van der Waals surface area contributed by atoms with E-state index in [0.29, 0.717) is 0 Å². The van der Waals surface area contributed by atoms with Crippen molar-refractivity contribution >= 4 is 29.2 Å². The second-order valence-electron chi connectivity index (χ2n) is 7.25. The lowest BCUT2D eigenvalue weighted by molar-refractivity contribution is -0.139. The Morgan fingerprint density at radius 3 is 2.60 bits per heavy atom. The lowest BCUT2D eigenvalue weighted by Gasteiger charge is -2.26. The summed E-state index contributed by atoms with van der Waals surface area (Å²) in [7, 11) is 0. The number of carbonyl (C=O) groups is 3. The number of carboxylic acid groups (broad SMARTS) is 1. The molecule has 1 aliphatic rings. The summed E-state index contributed by atoms with van der Waals surface area (Å²) in [6, 6.07) is 5.92. The van der Waals surface area contributed by atoms with E-state index in [-0.39, 0.29) is 25.4 Å². The third kappa shape index (κ3) is 4.95. The summed E-state index contributed by atoms with van der Waals surface area (Å²) in [5, 5.41) is 23.6. The minimum atomic E-state index is -1.33. The number of rotatable bonds is 6. The molecule has 30 heavy (non-hydrogen) atoms. The van der Waals surface area contributed by atoms with Gasteiger partial charge in [0, 0.05) is 19.5 Å². The Morgan fingerprint density at radius 2 is 2.00 bits per heavy atom. The Balaban J connectivity index is 1.61. The largest absolute Gasteiger partial charge is 0.465 e. The van der Waals surface area contributed by atoms with E-state index in [1.54, 1.807) is 16.8 Å². The van der Waals surface area contributed by atoms with Crippen molar-refractivity contribution in [1.29, 1.82) is 0 Å². The van der Waals surface area contributed by atoms with Gasteiger partial charge in [-0.3, -0.25) is 9.59 Å². The molecule has 0 aliphatic carbocycles. The van der Waals surface area contributed by atoms with Gasteiger partial charge in [0.25, 0.3) is 0 Å². The molecule has 3 atom stereocenters. The maximum absolute atomic E-state index is 12.7. The number of benzene rings is 1. The molecule has 0 radical (unpaired) electrons. The van der Waals surface area contributed by atoms with Gasteiger partial charge in [0.2, 0.25) is 11.8 Å². The third-order valence-electron chi connectivity index (χ3n) is 5.00. The highest BCUT2D eigenvalue weighted by Crippen LogP contribution is 2.27. The van der Waals surface area contributed by atoms with Crippen molar-refractivity contribution in [3.63, 3.8) is 0 Å². The number of nitrogens with zero attached hydrogens (tertiary/aromatic N) is 2. The molecule has 3 rings (SSSR count). The Labute approximate surface area is 177 Å². The minimum absolute atomic E-state index is 0.00848. The van der Waals surface area contributed by atoms with Crippen LogP contribution in [-0.4, -0.2) is 62.7 Å². The number of aliphatic hydroxyl groups excluding tert-OH is 1. The fourth-order valence-corrected chi connectivity index (χ4v) is 4.27. The molecular formula is C20H24N4O5S. The number of hydrogen-bond acceptors (Lipinski definition) is 6. The Morgan fingerprint density at radius 1 is 1.30 bits per heavy atom. The summed E-state index contributed by atoms with van der Waals surface area (Å²) in [5.41, 5.74) is 4.72. The second kappa shape index (κ2) is 9.23. The van der Waals surface area contributed by atoms with E-state index in [0.717, 1.165) is 21.7 Å². The number of aryl methyl sites for hydroxylation is 1. The smallest absolute Gasteiger partial charge is 0.405 e. The molecule has 0 saturated carbocycles. The van der Waals surface area contributed by atoms with Gasteiger partial charge in [-0.2, -0.15) is 0 Å². The third-order valence-corrected chi connectivity index (χ3v) is 5.98. The highest BCUT2D eigenvalue weighted by atomic mass is 32.1. The van der Waals surface area contributed by atoms with Crippen LogP contribution >= 0.6 is 11.3 Å². The average molecular weight is 433 g/mol. The number of β-amino-alcohol motifs (C(OH)–C–C–N with tert-alkyl or cyclic N) is 1. The number of hydrogen-bond donors (Lipinski definition) is 4. The number of carbonyl (C=O) groups excluding carboxylic acids is 2. The molecule has 160 valence electrons. The quantitative estimate of drug-likeness (QED) is 0.545. The molecular weight excluding hydrogens is 408 g/mol. The first-order chi connectivity index (χ1) is 14.3. The summed E-state index contributed by atoms with van der Waals surface area (Å²) in [6.07, 6.45) is -2.04. The molecule has 4 N–H and O–H groups in total. The van der Waals surface area contributed by atoms with Crippen molar-refractivity contribution in [3.8, 4) is 10.4 Å². The van der Waals surface area contributed by atoms with Crippen LogP contribution in [0.4, 0.5) is 4.79 Å². The van der Waals surface area contributed by atoms with Gasteiger partial charge >= 0.3 is 6.09 Å². The zero-order valence-electron chi connectivity index (χ0n) is 16.7. The highest BCUT2D eigenvalue weighted by Gasteiger charge is 2.40. The highest BCUT2D eigenvalue weighted by molar-refractivity contribution is 7.13. The zero-order valence-corrected chi connectivity index (χ0v) is 17.5.